The highest BCUT2D eigenvalue weighted by Crippen LogP contribution is 2.31. The fourth-order valence-electron chi connectivity index (χ4n) is 2.73. The zero-order chi connectivity index (χ0) is 23.1. The van der Waals surface area contributed by atoms with Gasteiger partial charge in [0.1, 0.15) is 11.4 Å². The Labute approximate surface area is 193 Å². The molecule has 0 atom stereocenters. The third-order valence-corrected chi connectivity index (χ3v) is 6.28. The van der Waals surface area contributed by atoms with E-state index < -0.39 is 4.92 Å². The van der Waals surface area contributed by atoms with Gasteiger partial charge in [-0.05, 0) is 42.7 Å². The number of rotatable bonds is 10. The van der Waals surface area contributed by atoms with Crippen molar-refractivity contribution in [1.29, 1.82) is 0 Å². The first kappa shape index (κ1) is 23.5. The van der Waals surface area contributed by atoms with Crippen LogP contribution >= 0.6 is 23.1 Å². The van der Waals surface area contributed by atoms with Gasteiger partial charge in [0.05, 0.1) is 23.3 Å². The fourth-order valence-corrected chi connectivity index (χ4v) is 4.30. The first-order valence-electron chi connectivity index (χ1n) is 9.90. The third kappa shape index (κ3) is 6.41. The predicted molar refractivity (Wildman–Crippen MR) is 127 cm³/mol. The van der Waals surface area contributed by atoms with Crippen LogP contribution in [0.2, 0.25) is 0 Å². The molecule has 3 rings (SSSR count). The normalized spacial score (nSPS) is 10.8. The maximum atomic E-state index is 12.3. The average Bonchev–Trinajstić information content (AvgIpc) is 3.21. The molecular weight excluding hydrogens is 450 g/mol. The van der Waals surface area contributed by atoms with Crippen LogP contribution in [0.4, 0.5) is 22.2 Å². The predicted octanol–water partition coefficient (Wildman–Crippen LogP) is 5.44. The number of aromatic nitrogens is 2. The molecule has 1 heterocycles. The number of thioether (sulfide) groups is 1. The molecular formula is C21H23N5O4S2. The third-order valence-electron chi connectivity index (χ3n) is 4.31. The van der Waals surface area contributed by atoms with E-state index in [1.807, 2.05) is 12.1 Å². The lowest BCUT2D eigenvalue weighted by Crippen LogP contribution is -2.15. The summed E-state index contributed by atoms with van der Waals surface area (Å²) in [4.78, 5) is 23.1. The van der Waals surface area contributed by atoms with Crippen molar-refractivity contribution in [3.63, 3.8) is 0 Å². The van der Waals surface area contributed by atoms with Crippen LogP contribution in [0.15, 0.2) is 46.8 Å². The van der Waals surface area contributed by atoms with Crippen LogP contribution in [0.3, 0.4) is 0 Å². The first-order chi connectivity index (χ1) is 15.4. The van der Waals surface area contributed by atoms with Crippen LogP contribution in [0.1, 0.15) is 32.3 Å². The van der Waals surface area contributed by atoms with Gasteiger partial charge in [0.2, 0.25) is 11.0 Å². The number of hydrogen-bond acceptors (Lipinski definition) is 9. The summed E-state index contributed by atoms with van der Waals surface area (Å²) in [5, 5.41) is 25.9. The number of carbonyl (C=O) groups excluding carboxylic acids is 1. The number of nitrogens with one attached hydrogen (secondary N) is 2. The molecule has 3 aromatic rings. The van der Waals surface area contributed by atoms with Crippen molar-refractivity contribution in [3.05, 3.63) is 58.1 Å². The molecule has 11 heteroatoms. The second-order valence-corrected chi connectivity index (χ2v) is 9.18. The Balaban J connectivity index is 1.55. The second kappa shape index (κ2) is 10.9. The summed E-state index contributed by atoms with van der Waals surface area (Å²) in [6.45, 7) is 6.46. The minimum absolute atomic E-state index is 0.0437. The highest BCUT2D eigenvalue weighted by Gasteiger charge is 2.18. The van der Waals surface area contributed by atoms with Crippen LogP contribution in [-0.4, -0.2) is 33.4 Å². The Morgan fingerprint density at radius 3 is 2.62 bits per heavy atom. The molecule has 0 radical (unpaired) electrons. The molecule has 1 amide bonds. The molecule has 0 saturated heterocycles. The van der Waals surface area contributed by atoms with Gasteiger partial charge in [-0.15, -0.1) is 10.2 Å². The van der Waals surface area contributed by atoms with Crippen molar-refractivity contribution in [2.24, 2.45) is 0 Å². The highest BCUT2D eigenvalue weighted by atomic mass is 32.2. The lowest BCUT2D eigenvalue weighted by Gasteiger charge is -2.08. The smallest absolute Gasteiger partial charge is 0.296 e. The number of nitrogens with zero attached hydrogens (tertiary/aromatic N) is 3. The van der Waals surface area contributed by atoms with E-state index >= 15 is 0 Å². The van der Waals surface area contributed by atoms with Crippen molar-refractivity contribution < 1.29 is 14.5 Å². The number of anilines is 3. The molecule has 0 unspecified atom stereocenters. The molecule has 0 saturated carbocycles. The number of nitro groups is 1. The zero-order valence-electron chi connectivity index (χ0n) is 17.8. The van der Waals surface area contributed by atoms with E-state index in [4.69, 9.17) is 4.74 Å². The van der Waals surface area contributed by atoms with Gasteiger partial charge in [0.15, 0.2) is 4.34 Å². The molecule has 0 aliphatic rings. The SMILES string of the molecule is CCOc1ccc(NC(=O)CSc2nnc(Nc3ccc(C(C)C)cc3)s2)c([N+](=O)[O-])c1. The maximum absolute atomic E-state index is 12.3. The van der Waals surface area contributed by atoms with E-state index in [-0.39, 0.29) is 23.0 Å². The van der Waals surface area contributed by atoms with Crippen LogP contribution < -0.4 is 15.4 Å². The van der Waals surface area contributed by atoms with E-state index in [1.165, 1.54) is 40.8 Å². The van der Waals surface area contributed by atoms with Crippen LogP contribution in [0.25, 0.3) is 0 Å². The average molecular weight is 474 g/mol. The first-order valence-corrected chi connectivity index (χ1v) is 11.7. The van der Waals surface area contributed by atoms with E-state index in [1.54, 1.807) is 13.0 Å². The molecule has 32 heavy (non-hydrogen) atoms. The summed E-state index contributed by atoms with van der Waals surface area (Å²) in [7, 11) is 0. The second-order valence-electron chi connectivity index (χ2n) is 6.98. The van der Waals surface area contributed by atoms with E-state index in [9.17, 15) is 14.9 Å². The molecule has 2 N–H and O–H groups in total. The fraction of sp³-hybridized carbons (Fsp3) is 0.286. The number of amides is 1. The summed E-state index contributed by atoms with van der Waals surface area (Å²) in [5.41, 5.74) is 2.05. The molecule has 0 fully saturated rings. The van der Waals surface area contributed by atoms with Crippen molar-refractivity contribution in [2.75, 3.05) is 23.0 Å². The van der Waals surface area contributed by atoms with Crippen molar-refractivity contribution in [3.8, 4) is 5.75 Å². The number of benzene rings is 2. The number of ether oxygens (including phenoxy) is 1. The summed E-state index contributed by atoms with van der Waals surface area (Å²) < 4.78 is 5.90. The molecule has 1 aromatic heterocycles. The molecule has 2 aromatic carbocycles. The van der Waals surface area contributed by atoms with Crippen LogP contribution in [-0.2, 0) is 4.79 Å². The molecule has 0 spiro atoms. The standard InChI is InChI=1S/C21H23N5O4S2/c1-4-30-16-9-10-17(18(11-16)26(28)29)23-19(27)12-31-21-25-24-20(32-21)22-15-7-5-14(6-8-15)13(2)3/h5-11,13H,4,12H2,1-3H3,(H,22,24)(H,23,27). The Morgan fingerprint density at radius 2 is 1.97 bits per heavy atom. The lowest BCUT2D eigenvalue weighted by molar-refractivity contribution is -0.384. The molecule has 9 nitrogen and oxygen atoms in total. The van der Waals surface area contributed by atoms with Crippen molar-refractivity contribution in [2.45, 2.75) is 31.0 Å². The maximum Gasteiger partial charge on any atom is 0.296 e. The Kier molecular flexibility index (Phi) is 8.01. The molecule has 168 valence electrons. The van der Waals surface area contributed by atoms with Crippen molar-refractivity contribution >= 4 is 51.2 Å². The quantitative estimate of drug-likeness (QED) is 0.227. The van der Waals surface area contributed by atoms with Crippen LogP contribution in [0.5, 0.6) is 5.75 Å². The minimum Gasteiger partial charge on any atom is -0.494 e. The van der Waals surface area contributed by atoms with Gasteiger partial charge in [0.25, 0.3) is 5.69 Å². The molecule has 0 bridgehead atoms. The number of carbonyl (C=O) groups is 1. The van der Waals surface area contributed by atoms with Gasteiger partial charge < -0.3 is 15.4 Å². The Hall–Kier alpha value is -3.18. The monoisotopic (exact) mass is 473 g/mol. The molecule has 0 aliphatic heterocycles. The summed E-state index contributed by atoms with van der Waals surface area (Å²) >= 11 is 2.54. The van der Waals surface area contributed by atoms with Gasteiger partial charge in [-0.1, -0.05) is 49.1 Å². The van der Waals surface area contributed by atoms with Gasteiger partial charge in [0, 0.05) is 5.69 Å². The minimum atomic E-state index is -0.554. The lowest BCUT2D eigenvalue weighted by atomic mass is 10.0. The summed E-state index contributed by atoms with van der Waals surface area (Å²) in [6, 6.07) is 12.4. The van der Waals surface area contributed by atoms with Gasteiger partial charge in [-0.25, -0.2) is 0 Å². The van der Waals surface area contributed by atoms with Gasteiger partial charge in [-0.3, -0.25) is 14.9 Å². The number of hydrogen-bond donors (Lipinski definition) is 2. The highest BCUT2D eigenvalue weighted by molar-refractivity contribution is 8.01. The largest absolute Gasteiger partial charge is 0.494 e. The zero-order valence-corrected chi connectivity index (χ0v) is 19.5. The van der Waals surface area contributed by atoms with Gasteiger partial charge in [-0.2, -0.15) is 0 Å². The summed E-state index contributed by atoms with van der Waals surface area (Å²) in [5.74, 6) is 0.501. The Bertz CT molecular complexity index is 1090. The topological polar surface area (TPSA) is 119 Å². The van der Waals surface area contributed by atoms with E-state index in [2.05, 4.69) is 46.8 Å². The number of nitro benzene ring substituents is 1. The van der Waals surface area contributed by atoms with Crippen molar-refractivity contribution in [1.82, 2.24) is 10.2 Å². The van der Waals surface area contributed by atoms with Gasteiger partial charge >= 0.3 is 0 Å². The van der Waals surface area contributed by atoms with Crippen LogP contribution in [0, 0.1) is 10.1 Å². The van der Waals surface area contributed by atoms with E-state index in [0.717, 1.165) is 5.69 Å². The van der Waals surface area contributed by atoms with E-state index in [0.29, 0.717) is 27.7 Å². The Morgan fingerprint density at radius 1 is 1.22 bits per heavy atom. The summed E-state index contributed by atoms with van der Waals surface area (Å²) in [6.07, 6.45) is 0. The molecule has 0 aliphatic carbocycles.